The van der Waals surface area contributed by atoms with E-state index in [1.54, 1.807) is 12.4 Å². The number of carbonyl (C=O) groups is 1. The van der Waals surface area contributed by atoms with Crippen molar-refractivity contribution >= 4 is 5.91 Å². The summed E-state index contributed by atoms with van der Waals surface area (Å²) in [7, 11) is 0. The Hall–Kier alpha value is -3.07. The molecule has 0 aliphatic heterocycles. The van der Waals surface area contributed by atoms with Gasteiger partial charge in [-0.2, -0.15) is 5.10 Å². The van der Waals surface area contributed by atoms with Crippen LogP contribution >= 0.6 is 0 Å². The molecular formula is C18H19FN6O2. The maximum atomic E-state index is 14.2. The Labute approximate surface area is 154 Å². The van der Waals surface area contributed by atoms with Crippen LogP contribution in [0.15, 0.2) is 49.1 Å². The van der Waals surface area contributed by atoms with Gasteiger partial charge in [0.25, 0.3) is 5.91 Å². The van der Waals surface area contributed by atoms with Crippen LogP contribution in [0.4, 0.5) is 4.39 Å². The molecule has 27 heavy (non-hydrogen) atoms. The number of nitrogens with zero attached hydrogens (tertiary/aromatic N) is 5. The molecule has 8 nitrogen and oxygen atoms in total. The van der Waals surface area contributed by atoms with Crippen LogP contribution in [0.25, 0.3) is 5.69 Å². The molecule has 4 rings (SSSR count). The first-order chi connectivity index (χ1) is 13.1. The molecule has 3 atom stereocenters. The number of halogens is 1. The molecule has 1 aliphatic rings. The summed E-state index contributed by atoms with van der Waals surface area (Å²) in [5.74, 6) is -0.994. The monoisotopic (exact) mass is 370 g/mol. The number of nitrogens with one attached hydrogen (secondary N) is 1. The van der Waals surface area contributed by atoms with E-state index < -0.39 is 23.9 Å². The van der Waals surface area contributed by atoms with Crippen molar-refractivity contribution in [1.82, 2.24) is 30.1 Å². The lowest BCUT2D eigenvalue weighted by atomic mass is 10.1. The molecule has 1 saturated carbocycles. The van der Waals surface area contributed by atoms with E-state index in [2.05, 4.69) is 20.7 Å². The maximum absolute atomic E-state index is 14.2. The van der Waals surface area contributed by atoms with Crippen molar-refractivity contribution in [3.63, 3.8) is 0 Å². The molecule has 9 heteroatoms. The third-order valence-electron chi connectivity index (χ3n) is 4.83. The molecule has 2 aromatic heterocycles. The highest BCUT2D eigenvalue weighted by Crippen LogP contribution is 2.28. The number of hydrogen-bond acceptors (Lipinski definition) is 5. The Bertz CT molecular complexity index is 912. The summed E-state index contributed by atoms with van der Waals surface area (Å²) in [6.45, 7) is 0.673. The summed E-state index contributed by atoms with van der Waals surface area (Å²) in [5, 5.41) is 24.8. The number of aromatic nitrogens is 5. The van der Waals surface area contributed by atoms with Gasteiger partial charge >= 0.3 is 0 Å². The Balaban J connectivity index is 1.45. The van der Waals surface area contributed by atoms with Gasteiger partial charge in [0.2, 0.25) is 0 Å². The predicted molar refractivity (Wildman–Crippen MR) is 93.5 cm³/mol. The SMILES string of the molecule is O=C(N[C@@H]1CC(Cn2cccn2)C[C@H]1O)c1cc(-n2ccnn2)ccc1F. The van der Waals surface area contributed by atoms with Crippen LogP contribution in [0.3, 0.4) is 0 Å². The Morgan fingerprint density at radius 1 is 1.30 bits per heavy atom. The second-order valence-corrected chi connectivity index (χ2v) is 6.72. The van der Waals surface area contributed by atoms with E-state index in [-0.39, 0.29) is 11.5 Å². The standard InChI is InChI=1S/C18H19FN6O2/c19-15-3-2-13(25-7-5-20-23-25)10-14(15)18(27)22-16-8-12(9-17(16)26)11-24-6-1-4-21-24/h1-7,10,12,16-17,26H,8-9,11H2,(H,22,27)/t12?,16-,17-/m1/s1. The second kappa shape index (κ2) is 7.28. The summed E-state index contributed by atoms with van der Waals surface area (Å²) in [6, 6.07) is 5.58. The van der Waals surface area contributed by atoms with E-state index in [1.165, 1.54) is 29.1 Å². The van der Waals surface area contributed by atoms with Crippen molar-refractivity contribution in [3.8, 4) is 5.69 Å². The Morgan fingerprint density at radius 3 is 2.93 bits per heavy atom. The van der Waals surface area contributed by atoms with Gasteiger partial charge in [-0.05, 0) is 43.0 Å². The molecule has 0 bridgehead atoms. The Morgan fingerprint density at radius 2 is 2.19 bits per heavy atom. The molecule has 1 aliphatic carbocycles. The van der Waals surface area contributed by atoms with Crippen LogP contribution in [0, 0.1) is 11.7 Å². The smallest absolute Gasteiger partial charge is 0.254 e. The first kappa shape index (κ1) is 17.3. The van der Waals surface area contributed by atoms with E-state index in [9.17, 15) is 14.3 Å². The summed E-state index contributed by atoms with van der Waals surface area (Å²) in [6.07, 6.45) is 7.17. The molecule has 0 radical (unpaired) electrons. The van der Waals surface area contributed by atoms with Gasteiger partial charge in [0.15, 0.2) is 0 Å². The number of amides is 1. The second-order valence-electron chi connectivity index (χ2n) is 6.72. The van der Waals surface area contributed by atoms with E-state index in [4.69, 9.17) is 0 Å². The van der Waals surface area contributed by atoms with E-state index in [1.807, 2.05) is 16.9 Å². The molecule has 3 aromatic rings. The summed E-state index contributed by atoms with van der Waals surface area (Å²) in [5.41, 5.74) is 0.438. The van der Waals surface area contributed by atoms with Crippen molar-refractivity contribution in [3.05, 3.63) is 60.4 Å². The summed E-state index contributed by atoms with van der Waals surface area (Å²) < 4.78 is 17.4. The first-order valence-corrected chi connectivity index (χ1v) is 8.73. The minimum absolute atomic E-state index is 0.0919. The molecular weight excluding hydrogens is 351 g/mol. The fraction of sp³-hybridized carbons (Fsp3) is 0.333. The zero-order chi connectivity index (χ0) is 18.8. The van der Waals surface area contributed by atoms with Gasteiger partial charge in [-0.3, -0.25) is 9.48 Å². The predicted octanol–water partition coefficient (Wildman–Crippen LogP) is 1.17. The fourth-order valence-corrected chi connectivity index (χ4v) is 3.52. The minimum Gasteiger partial charge on any atom is -0.391 e. The van der Waals surface area contributed by atoms with E-state index in [0.717, 1.165) is 0 Å². The van der Waals surface area contributed by atoms with Gasteiger partial charge in [-0.1, -0.05) is 5.21 Å². The van der Waals surface area contributed by atoms with Gasteiger partial charge in [0.05, 0.1) is 35.8 Å². The zero-order valence-electron chi connectivity index (χ0n) is 14.4. The highest BCUT2D eigenvalue weighted by molar-refractivity contribution is 5.95. The molecule has 1 fully saturated rings. The molecule has 2 heterocycles. The lowest BCUT2D eigenvalue weighted by Gasteiger charge is -2.17. The number of benzene rings is 1. The zero-order valence-corrected chi connectivity index (χ0v) is 14.4. The third kappa shape index (κ3) is 3.72. The van der Waals surface area contributed by atoms with Crippen molar-refractivity contribution in [2.45, 2.75) is 31.5 Å². The molecule has 2 N–H and O–H groups in total. The van der Waals surface area contributed by atoms with E-state index in [0.29, 0.717) is 25.1 Å². The largest absolute Gasteiger partial charge is 0.391 e. The maximum Gasteiger partial charge on any atom is 0.254 e. The van der Waals surface area contributed by atoms with Crippen molar-refractivity contribution < 1.29 is 14.3 Å². The lowest BCUT2D eigenvalue weighted by molar-refractivity contribution is 0.0868. The molecule has 0 spiro atoms. The van der Waals surface area contributed by atoms with E-state index >= 15 is 0 Å². The molecule has 1 amide bonds. The summed E-state index contributed by atoms with van der Waals surface area (Å²) >= 11 is 0. The fourth-order valence-electron chi connectivity index (χ4n) is 3.52. The highest BCUT2D eigenvalue weighted by Gasteiger charge is 2.34. The number of aliphatic hydroxyl groups excluding tert-OH is 1. The molecule has 1 unspecified atom stereocenters. The van der Waals surface area contributed by atoms with Gasteiger partial charge in [-0.15, -0.1) is 5.10 Å². The quantitative estimate of drug-likeness (QED) is 0.703. The lowest BCUT2D eigenvalue weighted by Crippen LogP contribution is -2.40. The van der Waals surface area contributed by atoms with Crippen LogP contribution in [0.5, 0.6) is 0 Å². The third-order valence-corrected chi connectivity index (χ3v) is 4.83. The highest BCUT2D eigenvalue weighted by atomic mass is 19.1. The number of hydrogen-bond donors (Lipinski definition) is 2. The van der Waals surface area contributed by atoms with Crippen LogP contribution in [-0.4, -0.2) is 47.9 Å². The topological polar surface area (TPSA) is 97.9 Å². The molecule has 140 valence electrons. The van der Waals surface area contributed by atoms with Crippen molar-refractivity contribution in [2.24, 2.45) is 5.92 Å². The average Bonchev–Trinajstić information content (AvgIpc) is 3.39. The summed E-state index contributed by atoms with van der Waals surface area (Å²) in [4.78, 5) is 12.6. The van der Waals surface area contributed by atoms with Crippen LogP contribution < -0.4 is 5.32 Å². The van der Waals surface area contributed by atoms with Crippen molar-refractivity contribution in [2.75, 3.05) is 0 Å². The normalized spacial score (nSPS) is 22.1. The Kier molecular flexibility index (Phi) is 4.68. The van der Waals surface area contributed by atoms with Gasteiger partial charge in [0, 0.05) is 18.9 Å². The van der Waals surface area contributed by atoms with Crippen molar-refractivity contribution in [1.29, 1.82) is 0 Å². The van der Waals surface area contributed by atoms with Gasteiger partial charge < -0.3 is 10.4 Å². The van der Waals surface area contributed by atoms with Crippen LogP contribution in [0.1, 0.15) is 23.2 Å². The number of aliphatic hydroxyl groups is 1. The van der Waals surface area contributed by atoms with Gasteiger partial charge in [0.1, 0.15) is 5.82 Å². The molecule has 1 aromatic carbocycles. The number of rotatable bonds is 5. The number of carbonyl (C=O) groups excluding carboxylic acids is 1. The molecule has 0 saturated heterocycles. The van der Waals surface area contributed by atoms with Crippen LogP contribution in [0.2, 0.25) is 0 Å². The van der Waals surface area contributed by atoms with Crippen LogP contribution in [-0.2, 0) is 6.54 Å². The first-order valence-electron chi connectivity index (χ1n) is 8.73. The minimum atomic E-state index is -0.670. The average molecular weight is 370 g/mol. The van der Waals surface area contributed by atoms with Gasteiger partial charge in [-0.25, -0.2) is 9.07 Å².